The van der Waals surface area contributed by atoms with Gasteiger partial charge in [0.05, 0.1) is 0 Å². The number of carbonyl (C=O) groups is 1. The second-order valence-corrected chi connectivity index (χ2v) is 7.29. The van der Waals surface area contributed by atoms with Gasteiger partial charge in [-0.15, -0.1) is 10.2 Å². The van der Waals surface area contributed by atoms with E-state index in [9.17, 15) is 4.79 Å². The van der Waals surface area contributed by atoms with E-state index in [1.807, 2.05) is 60.4 Å². The molecule has 1 amide bonds. The van der Waals surface area contributed by atoms with Crippen LogP contribution >= 0.6 is 11.6 Å². The highest BCUT2D eigenvalue weighted by molar-refractivity contribution is 6.30. The van der Waals surface area contributed by atoms with Crippen LogP contribution in [0.2, 0.25) is 5.02 Å². The van der Waals surface area contributed by atoms with Gasteiger partial charge in [-0.1, -0.05) is 47.5 Å². The summed E-state index contributed by atoms with van der Waals surface area (Å²) in [5, 5.41) is 13.1. The van der Waals surface area contributed by atoms with Crippen molar-refractivity contribution in [2.45, 2.75) is 13.5 Å². The lowest BCUT2D eigenvalue weighted by atomic mass is 10.1. The number of hydrogen-bond acceptors (Lipinski definition) is 5. The van der Waals surface area contributed by atoms with E-state index in [-0.39, 0.29) is 12.5 Å². The molecule has 0 bridgehead atoms. The van der Waals surface area contributed by atoms with Crippen molar-refractivity contribution in [3.63, 3.8) is 0 Å². The molecule has 0 spiro atoms. The Morgan fingerprint density at radius 3 is 2.54 bits per heavy atom. The molecule has 7 nitrogen and oxygen atoms in total. The van der Waals surface area contributed by atoms with Crippen molar-refractivity contribution in [2.24, 2.45) is 0 Å². The monoisotopic (exact) mass is 396 g/mol. The summed E-state index contributed by atoms with van der Waals surface area (Å²) < 4.78 is 0. The van der Waals surface area contributed by atoms with Crippen molar-refractivity contribution < 1.29 is 4.79 Å². The van der Waals surface area contributed by atoms with Crippen LogP contribution < -0.4 is 4.90 Å². The van der Waals surface area contributed by atoms with Crippen LogP contribution in [-0.2, 0) is 11.3 Å². The minimum atomic E-state index is -0.00130. The molecule has 0 radical (unpaired) electrons. The number of amides is 1. The Hall–Kier alpha value is -2.93. The van der Waals surface area contributed by atoms with Crippen molar-refractivity contribution in [1.29, 1.82) is 0 Å². The minimum absolute atomic E-state index is 0.00130. The first-order valence-corrected chi connectivity index (χ1v) is 9.59. The first kappa shape index (κ1) is 18.4. The Balaban J connectivity index is 1.34. The fourth-order valence-electron chi connectivity index (χ4n) is 3.24. The summed E-state index contributed by atoms with van der Waals surface area (Å²) in [4.78, 5) is 18.1. The highest BCUT2D eigenvalue weighted by Crippen LogP contribution is 2.21. The van der Waals surface area contributed by atoms with E-state index in [4.69, 9.17) is 11.6 Å². The molecule has 0 N–H and O–H groups in total. The van der Waals surface area contributed by atoms with Gasteiger partial charge in [-0.05, 0) is 30.3 Å². The van der Waals surface area contributed by atoms with Gasteiger partial charge in [0.1, 0.15) is 6.54 Å². The van der Waals surface area contributed by atoms with Crippen LogP contribution in [-0.4, -0.2) is 57.2 Å². The number of aromatic nitrogens is 4. The largest absolute Gasteiger partial charge is 0.368 e. The summed E-state index contributed by atoms with van der Waals surface area (Å²) in [5.74, 6) is 0.525. The van der Waals surface area contributed by atoms with Crippen molar-refractivity contribution >= 4 is 23.2 Å². The molecule has 0 aliphatic carbocycles. The summed E-state index contributed by atoms with van der Waals surface area (Å²) >= 11 is 6.07. The average molecular weight is 397 g/mol. The third-order valence-corrected chi connectivity index (χ3v) is 5.08. The number of rotatable bonds is 4. The minimum Gasteiger partial charge on any atom is -0.368 e. The molecule has 2 heterocycles. The predicted molar refractivity (Wildman–Crippen MR) is 108 cm³/mol. The standard InChI is InChI=1S/C20H21ClN6O/c1-15-5-7-16(8-6-15)20-22-24-27(23-20)14-19(28)26-11-9-25(10-12-26)18-4-2-3-17(21)13-18/h2-8,13H,9-12,14H2,1H3. The summed E-state index contributed by atoms with van der Waals surface area (Å²) in [6.07, 6.45) is 0. The Bertz CT molecular complexity index is 963. The molecular formula is C20H21ClN6O. The van der Waals surface area contributed by atoms with Crippen molar-refractivity contribution in [2.75, 3.05) is 31.1 Å². The number of benzene rings is 2. The molecule has 144 valence electrons. The Morgan fingerprint density at radius 1 is 1.07 bits per heavy atom. The van der Waals surface area contributed by atoms with Gasteiger partial charge in [0.25, 0.3) is 0 Å². The molecule has 8 heteroatoms. The van der Waals surface area contributed by atoms with E-state index < -0.39 is 0 Å². The first-order chi connectivity index (χ1) is 13.6. The van der Waals surface area contributed by atoms with Gasteiger partial charge < -0.3 is 9.80 Å². The number of carbonyl (C=O) groups excluding carboxylic acids is 1. The first-order valence-electron chi connectivity index (χ1n) is 9.21. The van der Waals surface area contributed by atoms with Gasteiger partial charge in [-0.3, -0.25) is 4.79 Å². The van der Waals surface area contributed by atoms with Crippen molar-refractivity contribution in [3.05, 3.63) is 59.1 Å². The molecule has 1 fully saturated rings. The molecule has 2 aromatic carbocycles. The predicted octanol–water partition coefficient (Wildman–Crippen LogP) is 2.65. The van der Waals surface area contributed by atoms with Gasteiger partial charge >= 0.3 is 0 Å². The molecule has 1 aromatic heterocycles. The van der Waals surface area contributed by atoms with Crippen LogP contribution in [0.1, 0.15) is 5.56 Å². The summed E-state index contributed by atoms with van der Waals surface area (Å²) in [5.41, 5.74) is 3.14. The highest BCUT2D eigenvalue weighted by atomic mass is 35.5. The van der Waals surface area contributed by atoms with Gasteiger partial charge in [0.15, 0.2) is 0 Å². The number of halogens is 1. The number of aryl methyl sites for hydroxylation is 1. The van der Waals surface area contributed by atoms with E-state index in [1.54, 1.807) is 0 Å². The molecule has 3 aromatic rings. The number of anilines is 1. The normalized spacial score (nSPS) is 14.4. The number of tetrazole rings is 1. The molecule has 28 heavy (non-hydrogen) atoms. The third-order valence-electron chi connectivity index (χ3n) is 4.85. The smallest absolute Gasteiger partial charge is 0.246 e. The SMILES string of the molecule is Cc1ccc(-c2nnn(CC(=O)N3CCN(c4cccc(Cl)c4)CC3)n2)cc1. The second-order valence-electron chi connectivity index (χ2n) is 6.86. The highest BCUT2D eigenvalue weighted by Gasteiger charge is 2.22. The van der Waals surface area contributed by atoms with Crippen molar-refractivity contribution in [1.82, 2.24) is 25.1 Å². The molecule has 0 atom stereocenters. The quantitative estimate of drug-likeness (QED) is 0.678. The molecular weight excluding hydrogens is 376 g/mol. The fourth-order valence-corrected chi connectivity index (χ4v) is 3.42. The zero-order valence-corrected chi connectivity index (χ0v) is 16.4. The lowest BCUT2D eigenvalue weighted by Gasteiger charge is -2.36. The number of hydrogen-bond donors (Lipinski definition) is 0. The molecule has 4 rings (SSSR count). The Kier molecular flexibility index (Phi) is 5.25. The van der Waals surface area contributed by atoms with Crippen LogP contribution in [0.15, 0.2) is 48.5 Å². The van der Waals surface area contributed by atoms with E-state index in [0.717, 1.165) is 29.4 Å². The maximum atomic E-state index is 12.6. The van der Waals surface area contributed by atoms with E-state index in [0.29, 0.717) is 18.9 Å². The Labute approximate surface area is 168 Å². The third kappa shape index (κ3) is 4.14. The van der Waals surface area contributed by atoms with Crippen LogP contribution in [0, 0.1) is 6.92 Å². The van der Waals surface area contributed by atoms with Crippen LogP contribution in [0.3, 0.4) is 0 Å². The lowest BCUT2D eigenvalue weighted by Crippen LogP contribution is -2.49. The van der Waals surface area contributed by atoms with Crippen LogP contribution in [0.4, 0.5) is 5.69 Å². The number of piperazine rings is 1. The maximum absolute atomic E-state index is 12.6. The van der Waals surface area contributed by atoms with Gasteiger partial charge in [0.2, 0.25) is 11.7 Å². The van der Waals surface area contributed by atoms with Gasteiger partial charge in [-0.2, -0.15) is 4.80 Å². The zero-order chi connectivity index (χ0) is 19.5. The van der Waals surface area contributed by atoms with Crippen LogP contribution in [0.5, 0.6) is 0 Å². The molecule has 1 saturated heterocycles. The Morgan fingerprint density at radius 2 is 1.82 bits per heavy atom. The molecule has 0 unspecified atom stereocenters. The second kappa shape index (κ2) is 7.98. The zero-order valence-electron chi connectivity index (χ0n) is 15.6. The number of nitrogens with zero attached hydrogens (tertiary/aromatic N) is 6. The van der Waals surface area contributed by atoms with Gasteiger partial charge in [-0.25, -0.2) is 0 Å². The van der Waals surface area contributed by atoms with Gasteiger partial charge in [0, 0.05) is 42.5 Å². The fraction of sp³-hybridized carbons (Fsp3) is 0.300. The molecule has 0 saturated carbocycles. The van der Waals surface area contributed by atoms with E-state index in [2.05, 4.69) is 20.3 Å². The van der Waals surface area contributed by atoms with Crippen molar-refractivity contribution in [3.8, 4) is 11.4 Å². The average Bonchev–Trinajstić information content (AvgIpc) is 3.17. The maximum Gasteiger partial charge on any atom is 0.246 e. The van der Waals surface area contributed by atoms with Crippen LogP contribution in [0.25, 0.3) is 11.4 Å². The van der Waals surface area contributed by atoms with E-state index in [1.165, 1.54) is 10.4 Å². The summed E-state index contributed by atoms with van der Waals surface area (Å²) in [7, 11) is 0. The lowest BCUT2D eigenvalue weighted by molar-refractivity contribution is -0.132. The summed E-state index contributed by atoms with van der Waals surface area (Å²) in [6, 6.07) is 15.7. The molecule has 1 aliphatic heterocycles. The topological polar surface area (TPSA) is 67.2 Å². The van der Waals surface area contributed by atoms with E-state index >= 15 is 0 Å². The molecule has 1 aliphatic rings. The summed E-state index contributed by atoms with van der Waals surface area (Å²) in [6.45, 7) is 4.97.